The van der Waals surface area contributed by atoms with Gasteiger partial charge in [-0.15, -0.1) is 0 Å². The zero-order chi connectivity index (χ0) is 35.6. The van der Waals surface area contributed by atoms with Crippen LogP contribution in [-0.2, 0) is 0 Å². The summed E-state index contributed by atoms with van der Waals surface area (Å²) in [5.74, 6) is 1.86. The summed E-state index contributed by atoms with van der Waals surface area (Å²) in [6, 6.07) is 54.5. The van der Waals surface area contributed by atoms with Crippen LogP contribution in [0.15, 0.2) is 175 Å². The number of para-hydroxylation sites is 1. The van der Waals surface area contributed by atoms with Crippen molar-refractivity contribution >= 4 is 34.1 Å². The molecule has 250 valence electrons. The van der Waals surface area contributed by atoms with Gasteiger partial charge >= 0.3 is 0 Å². The van der Waals surface area contributed by atoms with E-state index >= 15 is 0 Å². The second-order valence-electron chi connectivity index (χ2n) is 12.6. The molecule has 6 aromatic carbocycles. The van der Waals surface area contributed by atoms with Crippen molar-refractivity contribution < 1.29 is 0 Å². The van der Waals surface area contributed by atoms with E-state index in [1.165, 1.54) is 0 Å². The molecule has 7 nitrogen and oxygen atoms in total. The molecule has 1 aliphatic carbocycles. The van der Waals surface area contributed by atoms with Crippen LogP contribution in [0.2, 0.25) is 0 Å². The van der Waals surface area contributed by atoms with E-state index in [2.05, 4.69) is 60.0 Å². The van der Waals surface area contributed by atoms with Gasteiger partial charge in [0, 0.05) is 38.8 Å². The second-order valence-corrected chi connectivity index (χ2v) is 12.6. The third kappa shape index (κ3) is 6.28. The second kappa shape index (κ2) is 13.7. The van der Waals surface area contributed by atoms with Crippen LogP contribution < -0.4 is 5.43 Å². The van der Waals surface area contributed by atoms with Crippen molar-refractivity contribution in [2.45, 2.75) is 0 Å². The highest BCUT2D eigenvalue weighted by atomic mass is 15.3. The van der Waals surface area contributed by atoms with Gasteiger partial charge in [0.2, 0.25) is 0 Å². The molecular formula is C46H31N7. The van der Waals surface area contributed by atoms with Crippen molar-refractivity contribution in [1.82, 2.24) is 19.9 Å². The first-order chi connectivity index (χ1) is 26.2. The summed E-state index contributed by atoms with van der Waals surface area (Å²) < 4.78 is 0. The molecule has 0 amide bonds. The summed E-state index contributed by atoms with van der Waals surface area (Å²) in [6.07, 6.45) is 3.77. The van der Waals surface area contributed by atoms with Gasteiger partial charge in [0.05, 0.1) is 22.6 Å². The molecule has 0 saturated carbocycles. The molecule has 53 heavy (non-hydrogen) atoms. The molecule has 9 rings (SSSR count). The molecule has 0 aliphatic heterocycles. The molecule has 7 heteroatoms. The van der Waals surface area contributed by atoms with Gasteiger partial charge in [0.1, 0.15) is 5.71 Å². The van der Waals surface area contributed by atoms with Crippen molar-refractivity contribution in [3.63, 3.8) is 0 Å². The highest BCUT2D eigenvalue weighted by Gasteiger charge is 2.24. The Bertz CT molecular complexity index is 2620. The summed E-state index contributed by atoms with van der Waals surface area (Å²) >= 11 is 0. The van der Waals surface area contributed by atoms with Gasteiger partial charge in [-0.1, -0.05) is 146 Å². The first-order valence-corrected chi connectivity index (χ1v) is 17.3. The topological polar surface area (TPSA) is 99.8 Å². The Hall–Kier alpha value is -7.38. The van der Waals surface area contributed by atoms with Gasteiger partial charge in [-0.3, -0.25) is 10.8 Å². The maximum absolute atomic E-state index is 8.89. The quantitative estimate of drug-likeness (QED) is 0.163. The number of benzene rings is 6. The maximum atomic E-state index is 8.89. The number of nitrogens with one attached hydrogen (secondary N) is 2. The number of pyridine rings is 1. The number of aromatic nitrogens is 4. The minimum atomic E-state index is 0.330. The van der Waals surface area contributed by atoms with E-state index in [1.54, 1.807) is 6.08 Å². The van der Waals surface area contributed by atoms with E-state index in [0.29, 0.717) is 28.9 Å². The van der Waals surface area contributed by atoms with Gasteiger partial charge in [-0.2, -0.15) is 5.10 Å². The summed E-state index contributed by atoms with van der Waals surface area (Å²) in [5, 5.41) is 14.6. The van der Waals surface area contributed by atoms with Crippen LogP contribution in [0.25, 0.3) is 73.5 Å². The summed E-state index contributed by atoms with van der Waals surface area (Å²) in [6.45, 7) is 0. The Morgan fingerprint density at radius 3 is 1.53 bits per heavy atom. The third-order valence-corrected chi connectivity index (χ3v) is 9.23. The Kier molecular flexibility index (Phi) is 8.19. The van der Waals surface area contributed by atoms with Crippen molar-refractivity contribution in [2.24, 2.45) is 5.10 Å². The smallest absolute Gasteiger partial charge is 0.164 e. The van der Waals surface area contributed by atoms with Crippen LogP contribution in [0, 0.1) is 5.41 Å². The molecular weight excluding hydrogens is 651 g/mol. The number of hydrogen-bond acceptors (Lipinski definition) is 7. The normalized spacial score (nSPS) is 12.9. The van der Waals surface area contributed by atoms with Crippen LogP contribution in [0.3, 0.4) is 0 Å². The lowest BCUT2D eigenvalue weighted by Gasteiger charge is -2.20. The predicted molar refractivity (Wildman–Crippen MR) is 216 cm³/mol. The molecule has 0 radical (unpaired) electrons. The Morgan fingerprint density at radius 2 is 0.943 bits per heavy atom. The van der Waals surface area contributed by atoms with Crippen LogP contribution in [0.4, 0.5) is 5.69 Å². The molecule has 8 aromatic rings. The predicted octanol–water partition coefficient (Wildman–Crippen LogP) is 10.6. The van der Waals surface area contributed by atoms with E-state index in [-0.39, 0.29) is 0 Å². The summed E-state index contributed by atoms with van der Waals surface area (Å²) in [5.41, 5.74) is 14.2. The molecule has 0 spiro atoms. The Morgan fingerprint density at radius 1 is 0.453 bits per heavy atom. The van der Waals surface area contributed by atoms with E-state index < -0.39 is 0 Å². The lowest BCUT2D eigenvalue weighted by Crippen LogP contribution is -2.20. The van der Waals surface area contributed by atoms with Crippen LogP contribution >= 0.6 is 0 Å². The molecule has 0 bridgehead atoms. The molecule has 2 heterocycles. The standard InChI is InChI=1S/C46H31N7/c47-39-28-27-38-41(43(39)53-52-36-19-11-4-12-20-36)37-26-25-35(29-40(37)48-42(38)31-13-5-1-6-14-31)30-21-23-34(24-22-30)46-50-44(32-15-7-2-8-16-32)49-45(51-46)33-17-9-3-10-18-33/h1-29,47,52H/b47-39?,53-43+. The maximum Gasteiger partial charge on any atom is 0.164 e. The monoisotopic (exact) mass is 681 g/mol. The van der Waals surface area contributed by atoms with E-state index in [1.807, 2.05) is 115 Å². The number of nitrogens with zero attached hydrogens (tertiary/aromatic N) is 5. The van der Waals surface area contributed by atoms with E-state index in [0.717, 1.165) is 66.8 Å². The number of fused-ring (bicyclic) bond motifs is 3. The Balaban J connectivity index is 1.13. The molecule has 0 saturated heterocycles. The first kappa shape index (κ1) is 31.6. The lowest BCUT2D eigenvalue weighted by molar-refractivity contribution is 1.07. The number of hydrazone groups is 1. The minimum absolute atomic E-state index is 0.330. The highest BCUT2D eigenvalue weighted by Crippen LogP contribution is 2.36. The van der Waals surface area contributed by atoms with Gasteiger partial charge in [0.15, 0.2) is 17.5 Å². The zero-order valence-electron chi connectivity index (χ0n) is 28.5. The molecule has 0 atom stereocenters. The third-order valence-electron chi connectivity index (χ3n) is 9.23. The van der Waals surface area contributed by atoms with Crippen LogP contribution in [-0.4, -0.2) is 31.4 Å². The van der Waals surface area contributed by atoms with Gasteiger partial charge in [-0.25, -0.2) is 19.9 Å². The van der Waals surface area contributed by atoms with E-state index in [9.17, 15) is 0 Å². The lowest BCUT2D eigenvalue weighted by atomic mass is 9.87. The summed E-state index contributed by atoms with van der Waals surface area (Å²) in [7, 11) is 0. The fourth-order valence-electron chi connectivity index (χ4n) is 6.57. The largest absolute Gasteiger partial charge is 0.299 e. The van der Waals surface area contributed by atoms with Crippen molar-refractivity contribution in [3.8, 4) is 56.5 Å². The fraction of sp³-hybridized carbons (Fsp3) is 0. The number of anilines is 1. The zero-order valence-corrected chi connectivity index (χ0v) is 28.5. The molecule has 1 aliphatic rings. The number of rotatable bonds is 7. The van der Waals surface area contributed by atoms with Crippen molar-refractivity contribution in [1.29, 1.82) is 5.41 Å². The highest BCUT2D eigenvalue weighted by molar-refractivity contribution is 6.55. The number of allylic oxidation sites excluding steroid dienone is 1. The SMILES string of the molecule is N=C1C=Cc2c(-c3ccccc3)nc3cc(-c4ccc(-c5nc(-c6ccccc6)nc(-c6ccccc6)n5)cc4)ccc3c2/C1=N/Nc1ccccc1. The summed E-state index contributed by atoms with van der Waals surface area (Å²) in [4.78, 5) is 19.9. The van der Waals surface area contributed by atoms with Crippen molar-refractivity contribution in [2.75, 3.05) is 5.43 Å². The first-order valence-electron chi connectivity index (χ1n) is 17.3. The molecule has 2 aromatic heterocycles. The number of hydrogen-bond donors (Lipinski definition) is 2. The minimum Gasteiger partial charge on any atom is -0.299 e. The Labute approximate surface area is 306 Å². The van der Waals surface area contributed by atoms with Crippen LogP contribution in [0.5, 0.6) is 0 Å². The van der Waals surface area contributed by atoms with Gasteiger partial charge < -0.3 is 0 Å². The average Bonchev–Trinajstić information content (AvgIpc) is 3.24. The van der Waals surface area contributed by atoms with E-state index in [4.69, 9.17) is 30.4 Å². The van der Waals surface area contributed by atoms with Crippen molar-refractivity contribution in [3.05, 3.63) is 181 Å². The average molecular weight is 682 g/mol. The molecule has 0 fully saturated rings. The van der Waals surface area contributed by atoms with Gasteiger partial charge in [0.25, 0.3) is 0 Å². The fourth-order valence-corrected chi connectivity index (χ4v) is 6.57. The van der Waals surface area contributed by atoms with Crippen LogP contribution in [0.1, 0.15) is 11.1 Å². The molecule has 0 unspecified atom stereocenters. The molecule has 2 N–H and O–H groups in total. The van der Waals surface area contributed by atoms with Gasteiger partial charge in [-0.05, 0) is 41.5 Å².